The number of hydrogen-bond acceptors (Lipinski definition) is 0. The number of rotatable bonds is 8. The number of unbranched alkanes of at least 4 members (excludes halogenated alkanes) is 1. The van der Waals surface area contributed by atoms with Crippen LogP contribution in [-0.4, -0.2) is 9.13 Å². The Morgan fingerprint density at radius 3 is 1.57 bits per heavy atom. The Morgan fingerprint density at radius 2 is 0.907 bits per heavy atom. The first-order valence-corrected chi connectivity index (χ1v) is 19.2. The van der Waals surface area contributed by atoms with Gasteiger partial charge >= 0.3 is 0 Å². The number of nitrogens with zero attached hydrogens (tertiary/aromatic N) is 2. The lowest BCUT2D eigenvalue weighted by molar-refractivity contribution is 0.795. The zero-order valence-electron chi connectivity index (χ0n) is 30.4. The fraction of sp³-hybridized carbons (Fsp3) is 0.0769. The maximum absolute atomic E-state index is 2.49. The van der Waals surface area contributed by atoms with Crippen molar-refractivity contribution >= 4 is 43.6 Å². The van der Waals surface area contributed by atoms with Gasteiger partial charge in [-0.25, -0.2) is 0 Å². The average molecular weight is 693 g/mol. The van der Waals surface area contributed by atoms with E-state index in [-0.39, 0.29) is 0 Å². The number of benzene rings is 8. The number of para-hydroxylation sites is 3. The van der Waals surface area contributed by atoms with Crippen molar-refractivity contribution in [2.24, 2.45) is 0 Å². The van der Waals surface area contributed by atoms with Gasteiger partial charge in [0.2, 0.25) is 0 Å². The minimum atomic E-state index is 1.11. The van der Waals surface area contributed by atoms with Crippen LogP contribution in [0.5, 0.6) is 0 Å². The van der Waals surface area contributed by atoms with Crippen molar-refractivity contribution < 1.29 is 0 Å². The molecule has 0 unspecified atom stereocenters. The van der Waals surface area contributed by atoms with Crippen LogP contribution in [0.4, 0.5) is 0 Å². The molecule has 0 aliphatic rings. The normalized spacial score (nSPS) is 11.6. The highest BCUT2D eigenvalue weighted by molar-refractivity contribution is 6.29. The molecule has 54 heavy (non-hydrogen) atoms. The zero-order chi connectivity index (χ0) is 36.0. The van der Waals surface area contributed by atoms with Crippen molar-refractivity contribution in [3.05, 3.63) is 194 Å². The molecule has 10 rings (SSSR count). The predicted molar refractivity (Wildman–Crippen MR) is 230 cm³/mol. The Balaban J connectivity index is 1.13. The topological polar surface area (TPSA) is 9.86 Å². The lowest BCUT2D eigenvalue weighted by Gasteiger charge is -2.15. The second-order valence-corrected chi connectivity index (χ2v) is 14.4. The Bertz CT molecular complexity index is 2940. The molecule has 8 aromatic carbocycles. The van der Waals surface area contributed by atoms with E-state index < -0.39 is 0 Å². The molecule has 0 amide bonds. The predicted octanol–water partition coefficient (Wildman–Crippen LogP) is 14.2. The molecule has 2 nitrogen and oxygen atoms in total. The largest absolute Gasteiger partial charge is 0.309 e. The van der Waals surface area contributed by atoms with Crippen LogP contribution in [0.1, 0.15) is 25.3 Å². The summed E-state index contributed by atoms with van der Waals surface area (Å²) in [7, 11) is 0. The molecule has 0 atom stereocenters. The molecule has 0 fully saturated rings. The molecule has 258 valence electrons. The van der Waals surface area contributed by atoms with E-state index in [2.05, 4.69) is 204 Å². The standard InChI is InChI=1S/C52H40N2/c1-2-3-14-36-15-13-18-41(35-36)43-19-7-10-22-46(43)54-48-24-12-9-21-45(48)52-50(54)34-33-49-51(52)44-20-8-11-23-47(44)53(49)42-31-29-40(30-32-42)39-27-25-38(26-28-39)37-16-5-4-6-17-37/h4-13,15-35H,2-3,14H2,1H3. The molecular weight excluding hydrogens is 653 g/mol. The Hall–Kier alpha value is -6.64. The van der Waals surface area contributed by atoms with Gasteiger partial charge in [0.1, 0.15) is 0 Å². The third-order valence-electron chi connectivity index (χ3n) is 11.1. The number of fused-ring (bicyclic) bond motifs is 7. The van der Waals surface area contributed by atoms with Crippen LogP contribution in [-0.2, 0) is 6.42 Å². The van der Waals surface area contributed by atoms with Gasteiger partial charge in [0.15, 0.2) is 0 Å². The van der Waals surface area contributed by atoms with Crippen LogP contribution in [0.2, 0.25) is 0 Å². The van der Waals surface area contributed by atoms with Crippen molar-refractivity contribution in [1.29, 1.82) is 0 Å². The minimum Gasteiger partial charge on any atom is -0.309 e. The quantitative estimate of drug-likeness (QED) is 0.150. The Morgan fingerprint density at radius 1 is 0.389 bits per heavy atom. The van der Waals surface area contributed by atoms with E-state index in [1.807, 2.05) is 0 Å². The van der Waals surface area contributed by atoms with Crippen molar-refractivity contribution in [1.82, 2.24) is 9.13 Å². The number of hydrogen-bond donors (Lipinski definition) is 0. The second-order valence-electron chi connectivity index (χ2n) is 14.4. The molecule has 0 aliphatic heterocycles. The first kappa shape index (κ1) is 32.0. The smallest absolute Gasteiger partial charge is 0.0549 e. The molecule has 0 saturated carbocycles. The van der Waals surface area contributed by atoms with E-state index in [0.717, 1.165) is 12.1 Å². The monoisotopic (exact) mass is 692 g/mol. The lowest BCUT2D eigenvalue weighted by Crippen LogP contribution is -1.98. The Kier molecular flexibility index (Phi) is 7.95. The molecule has 2 heterocycles. The lowest BCUT2D eigenvalue weighted by atomic mass is 9.99. The summed E-state index contributed by atoms with van der Waals surface area (Å²) in [5.41, 5.74) is 16.0. The summed E-state index contributed by atoms with van der Waals surface area (Å²) in [6.45, 7) is 2.26. The van der Waals surface area contributed by atoms with Crippen LogP contribution in [0.3, 0.4) is 0 Å². The van der Waals surface area contributed by atoms with Gasteiger partial charge in [0.05, 0.1) is 27.8 Å². The van der Waals surface area contributed by atoms with Crippen molar-refractivity contribution in [2.75, 3.05) is 0 Å². The third-order valence-corrected chi connectivity index (χ3v) is 11.1. The van der Waals surface area contributed by atoms with Gasteiger partial charge in [0.25, 0.3) is 0 Å². The first-order valence-electron chi connectivity index (χ1n) is 19.2. The molecule has 0 radical (unpaired) electrons. The minimum absolute atomic E-state index is 1.11. The van der Waals surface area contributed by atoms with Gasteiger partial charge in [-0.3, -0.25) is 0 Å². The van der Waals surface area contributed by atoms with Crippen LogP contribution >= 0.6 is 0 Å². The van der Waals surface area contributed by atoms with Gasteiger partial charge in [0, 0.05) is 32.8 Å². The molecular formula is C52H40N2. The van der Waals surface area contributed by atoms with Crippen LogP contribution in [0.25, 0.3) is 88.4 Å². The maximum atomic E-state index is 2.49. The van der Waals surface area contributed by atoms with E-state index in [1.54, 1.807) is 0 Å². The fourth-order valence-electron chi connectivity index (χ4n) is 8.53. The first-order chi connectivity index (χ1) is 26.8. The van der Waals surface area contributed by atoms with E-state index >= 15 is 0 Å². The Labute approximate surface area is 316 Å². The van der Waals surface area contributed by atoms with Gasteiger partial charge in [-0.15, -0.1) is 0 Å². The average Bonchev–Trinajstić information content (AvgIpc) is 3.76. The molecule has 2 aromatic heterocycles. The van der Waals surface area contributed by atoms with E-state index in [1.165, 1.54) is 101 Å². The molecule has 0 spiro atoms. The van der Waals surface area contributed by atoms with Gasteiger partial charge < -0.3 is 9.13 Å². The van der Waals surface area contributed by atoms with Gasteiger partial charge in [-0.1, -0.05) is 159 Å². The van der Waals surface area contributed by atoms with Crippen molar-refractivity contribution in [3.8, 4) is 44.8 Å². The number of aryl methyl sites for hydroxylation is 1. The molecule has 10 aromatic rings. The maximum Gasteiger partial charge on any atom is 0.0549 e. The van der Waals surface area contributed by atoms with Crippen molar-refractivity contribution in [2.45, 2.75) is 26.2 Å². The fourth-order valence-corrected chi connectivity index (χ4v) is 8.53. The molecule has 0 saturated heterocycles. The number of aromatic nitrogens is 2. The summed E-state index contributed by atoms with van der Waals surface area (Å²) in [6.07, 6.45) is 3.51. The highest BCUT2D eigenvalue weighted by Gasteiger charge is 2.21. The third kappa shape index (κ3) is 5.33. The highest BCUT2D eigenvalue weighted by atomic mass is 15.0. The van der Waals surface area contributed by atoms with Crippen molar-refractivity contribution in [3.63, 3.8) is 0 Å². The molecule has 0 aliphatic carbocycles. The van der Waals surface area contributed by atoms with E-state index in [0.29, 0.717) is 0 Å². The zero-order valence-corrected chi connectivity index (χ0v) is 30.4. The van der Waals surface area contributed by atoms with Crippen LogP contribution in [0, 0.1) is 0 Å². The molecule has 2 heteroatoms. The summed E-state index contributed by atoms with van der Waals surface area (Å²) in [4.78, 5) is 0. The summed E-state index contributed by atoms with van der Waals surface area (Å²) in [5, 5.41) is 5.11. The SMILES string of the molecule is CCCCc1cccc(-c2ccccc2-n2c3ccccc3c3c4c5ccccc5n(-c5ccc(-c6ccc(-c7ccccc7)cc6)cc5)c4ccc32)c1. The summed E-state index contributed by atoms with van der Waals surface area (Å²) < 4.78 is 4.93. The summed E-state index contributed by atoms with van der Waals surface area (Å²) in [5.74, 6) is 0. The summed E-state index contributed by atoms with van der Waals surface area (Å²) >= 11 is 0. The van der Waals surface area contributed by atoms with Crippen LogP contribution < -0.4 is 0 Å². The summed E-state index contributed by atoms with van der Waals surface area (Å²) in [6, 6.07) is 69.0. The van der Waals surface area contributed by atoms with E-state index in [9.17, 15) is 0 Å². The van der Waals surface area contributed by atoms with Gasteiger partial charge in [-0.05, 0) is 88.7 Å². The molecule has 0 N–H and O–H groups in total. The second kappa shape index (κ2) is 13.4. The molecule has 0 bridgehead atoms. The van der Waals surface area contributed by atoms with E-state index in [4.69, 9.17) is 0 Å². The highest BCUT2D eigenvalue weighted by Crippen LogP contribution is 2.43. The van der Waals surface area contributed by atoms with Gasteiger partial charge in [-0.2, -0.15) is 0 Å². The van der Waals surface area contributed by atoms with Crippen LogP contribution in [0.15, 0.2) is 188 Å².